The van der Waals surface area contributed by atoms with Gasteiger partial charge < -0.3 is 9.84 Å². The SMILES string of the molecule is CC(=O)c1c2c(c3ccccc3c1O)O[C@H]1CC(=O)S[C@@H]21. The number of thioether (sulfide) groups is 1. The summed E-state index contributed by atoms with van der Waals surface area (Å²) in [5.74, 6) is 0.420. The van der Waals surface area contributed by atoms with Crippen LogP contribution in [-0.2, 0) is 4.79 Å². The first-order chi connectivity index (χ1) is 10.1. The third-order valence-corrected chi connectivity index (χ3v) is 5.27. The van der Waals surface area contributed by atoms with Crippen LogP contribution < -0.4 is 4.74 Å². The van der Waals surface area contributed by atoms with Crippen LogP contribution in [0.4, 0.5) is 0 Å². The highest BCUT2D eigenvalue weighted by molar-refractivity contribution is 8.14. The molecule has 0 saturated carbocycles. The van der Waals surface area contributed by atoms with Crippen molar-refractivity contribution in [1.29, 1.82) is 0 Å². The van der Waals surface area contributed by atoms with Gasteiger partial charge in [-0.1, -0.05) is 36.0 Å². The van der Waals surface area contributed by atoms with E-state index in [9.17, 15) is 14.7 Å². The van der Waals surface area contributed by atoms with Crippen LogP contribution >= 0.6 is 11.8 Å². The summed E-state index contributed by atoms with van der Waals surface area (Å²) in [5, 5.41) is 11.8. The molecule has 0 aromatic heterocycles. The number of carbonyl (C=O) groups is 2. The van der Waals surface area contributed by atoms with Crippen molar-refractivity contribution in [3.05, 3.63) is 35.4 Å². The molecular formula is C16H12O4S. The van der Waals surface area contributed by atoms with Crippen LogP contribution in [0.25, 0.3) is 10.8 Å². The second kappa shape index (κ2) is 4.24. The second-order valence-electron chi connectivity index (χ2n) is 5.34. The third-order valence-electron chi connectivity index (χ3n) is 4.05. The summed E-state index contributed by atoms with van der Waals surface area (Å²) in [7, 11) is 0. The molecule has 0 aliphatic carbocycles. The van der Waals surface area contributed by atoms with Crippen LogP contribution in [0.1, 0.15) is 34.5 Å². The van der Waals surface area contributed by atoms with Crippen LogP contribution in [0.3, 0.4) is 0 Å². The molecule has 5 heteroatoms. The van der Waals surface area contributed by atoms with E-state index in [1.54, 1.807) is 6.07 Å². The summed E-state index contributed by atoms with van der Waals surface area (Å²) < 4.78 is 5.96. The molecule has 2 aliphatic heterocycles. The lowest BCUT2D eigenvalue weighted by atomic mass is 9.93. The minimum atomic E-state index is -0.235. The minimum Gasteiger partial charge on any atom is -0.507 e. The van der Waals surface area contributed by atoms with E-state index in [0.29, 0.717) is 28.7 Å². The van der Waals surface area contributed by atoms with Crippen LogP contribution in [0.2, 0.25) is 0 Å². The Hall–Kier alpha value is -2.01. The highest BCUT2D eigenvalue weighted by atomic mass is 32.2. The van der Waals surface area contributed by atoms with Crippen molar-refractivity contribution in [1.82, 2.24) is 0 Å². The van der Waals surface area contributed by atoms with Crippen LogP contribution in [0.5, 0.6) is 11.5 Å². The molecule has 1 fully saturated rings. The number of aromatic hydroxyl groups is 1. The van der Waals surface area contributed by atoms with Gasteiger partial charge in [0.15, 0.2) is 10.9 Å². The van der Waals surface area contributed by atoms with Gasteiger partial charge in [-0.2, -0.15) is 0 Å². The van der Waals surface area contributed by atoms with Gasteiger partial charge in [0.1, 0.15) is 17.6 Å². The largest absolute Gasteiger partial charge is 0.507 e. The standard InChI is InChI=1S/C16H12O4S/c1-7(17)12-13-15(20-10-6-11(18)21-16(10)13)9-5-3-2-4-8(9)14(12)19/h2-5,10,16,19H,6H2,1H3/t10-,16+/m0/s1. The summed E-state index contributed by atoms with van der Waals surface area (Å²) in [6.07, 6.45) is 0.108. The number of rotatable bonds is 1. The van der Waals surface area contributed by atoms with Crippen LogP contribution in [-0.4, -0.2) is 22.1 Å². The molecule has 0 radical (unpaired) electrons. The fraction of sp³-hybridized carbons (Fsp3) is 0.250. The Balaban J connectivity index is 2.10. The summed E-state index contributed by atoms with van der Waals surface area (Å²) >= 11 is 1.20. The van der Waals surface area contributed by atoms with Gasteiger partial charge in [-0.3, -0.25) is 9.59 Å². The summed E-state index contributed by atoms with van der Waals surface area (Å²) in [6.45, 7) is 1.43. The number of ether oxygens (including phenoxy) is 1. The molecule has 2 aromatic carbocycles. The Kier molecular flexibility index (Phi) is 2.57. The maximum absolute atomic E-state index is 12.0. The summed E-state index contributed by atoms with van der Waals surface area (Å²) in [4.78, 5) is 23.7. The number of fused-ring (bicyclic) bond motifs is 5. The van der Waals surface area contributed by atoms with Crippen molar-refractivity contribution < 1.29 is 19.4 Å². The Morgan fingerprint density at radius 2 is 2.05 bits per heavy atom. The van der Waals surface area contributed by atoms with E-state index in [1.807, 2.05) is 18.2 Å². The van der Waals surface area contributed by atoms with Crippen molar-refractivity contribution in [2.75, 3.05) is 0 Å². The van der Waals surface area contributed by atoms with Gasteiger partial charge in [-0.15, -0.1) is 0 Å². The van der Waals surface area contributed by atoms with Gasteiger partial charge in [-0.05, 0) is 6.92 Å². The monoisotopic (exact) mass is 300 g/mol. The maximum atomic E-state index is 12.0. The first-order valence-corrected chi connectivity index (χ1v) is 7.60. The van der Waals surface area contributed by atoms with Crippen molar-refractivity contribution in [3.8, 4) is 11.5 Å². The number of hydrogen-bond acceptors (Lipinski definition) is 5. The molecule has 1 N–H and O–H groups in total. The zero-order valence-electron chi connectivity index (χ0n) is 11.3. The Morgan fingerprint density at radius 1 is 1.33 bits per heavy atom. The molecule has 0 spiro atoms. The average molecular weight is 300 g/mol. The number of Topliss-reactive ketones (excluding diaryl/α,β-unsaturated/α-hetero) is 1. The molecular weight excluding hydrogens is 288 g/mol. The van der Waals surface area contributed by atoms with Crippen molar-refractivity contribution in [2.45, 2.75) is 24.7 Å². The van der Waals surface area contributed by atoms with Crippen molar-refractivity contribution in [3.63, 3.8) is 0 Å². The maximum Gasteiger partial charge on any atom is 0.193 e. The number of benzene rings is 2. The molecule has 0 amide bonds. The third kappa shape index (κ3) is 1.64. The lowest BCUT2D eigenvalue weighted by molar-refractivity contribution is -0.111. The van der Waals surface area contributed by atoms with Gasteiger partial charge in [0.05, 0.1) is 17.2 Å². The van der Waals surface area contributed by atoms with E-state index in [2.05, 4.69) is 0 Å². The fourth-order valence-corrected chi connectivity index (χ4v) is 4.39. The fourth-order valence-electron chi connectivity index (χ4n) is 3.20. The number of hydrogen-bond donors (Lipinski definition) is 1. The molecule has 4 nitrogen and oxygen atoms in total. The minimum absolute atomic E-state index is 0.0129. The molecule has 2 aliphatic rings. The van der Waals surface area contributed by atoms with Crippen LogP contribution in [0, 0.1) is 0 Å². The van der Waals surface area contributed by atoms with E-state index in [0.717, 1.165) is 5.39 Å². The molecule has 2 heterocycles. The number of phenolic OH excluding ortho intramolecular Hbond substituents is 1. The van der Waals surface area contributed by atoms with Gasteiger partial charge in [0.2, 0.25) is 0 Å². The van der Waals surface area contributed by atoms with Gasteiger partial charge in [0.25, 0.3) is 0 Å². The Labute approximate surface area is 125 Å². The summed E-state index contributed by atoms with van der Waals surface area (Å²) in [6, 6.07) is 7.32. The average Bonchev–Trinajstić information content (AvgIpc) is 2.96. The predicted molar refractivity (Wildman–Crippen MR) is 80.0 cm³/mol. The first-order valence-electron chi connectivity index (χ1n) is 6.72. The lowest BCUT2D eigenvalue weighted by Gasteiger charge is -2.13. The highest BCUT2D eigenvalue weighted by Crippen LogP contribution is 2.56. The zero-order valence-corrected chi connectivity index (χ0v) is 12.1. The first kappa shape index (κ1) is 12.7. The Bertz CT molecular complexity index is 812. The quantitative estimate of drug-likeness (QED) is 0.819. The molecule has 106 valence electrons. The number of carbonyl (C=O) groups excluding carboxylic acids is 2. The molecule has 2 aromatic rings. The molecule has 1 saturated heterocycles. The zero-order chi connectivity index (χ0) is 14.7. The number of phenols is 1. The Morgan fingerprint density at radius 3 is 2.76 bits per heavy atom. The molecule has 0 bridgehead atoms. The van der Waals surface area contributed by atoms with E-state index in [-0.39, 0.29) is 28.0 Å². The van der Waals surface area contributed by atoms with E-state index >= 15 is 0 Å². The van der Waals surface area contributed by atoms with Gasteiger partial charge >= 0.3 is 0 Å². The molecule has 4 rings (SSSR count). The summed E-state index contributed by atoms with van der Waals surface area (Å²) in [5.41, 5.74) is 0.970. The van der Waals surface area contributed by atoms with Crippen molar-refractivity contribution in [2.24, 2.45) is 0 Å². The normalized spacial score (nSPS) is 23.0. The molecule has 0 unspecified atom stereocenters. The second-order valence-corrected chi connectivity index (χ2v) is 6.54. The van der Waals surface area contributed by atoms with E-state index in [4.69, 9.17) is 4.74 Å². The smallest absolute Gasteiger partial charge is 0.193 e. The topological polar surface area (TPSA) is 63.6 Å². The highest BCUT2D eigenvalue weighted by Gasteiger charge is 2.46. The lowest BCUT2D eigenvalue weighted by Crippen LogP contribution is -2.11. The van der Waals surface area contributed by atoms with Crippen molar-refractivity contribution >= 4 is 33.4 Å². The van der Waals surface area contributed by atoms with E-state index in [1.165, 1.54) is 18.7 Å². The predicted octanol–water partition coefficient (Wildman–Crippen LogP) is 3.21. The van der Waals surface area contributed by atoms with E-state index < -0.39 is 0 Å². The number of ketones is 1. The molecule has 2 atom stereocenters. The van der Waals surface area contributed by atoms with Crippen LogP contribution in [0.15, 0.2) is 24.3 Å². The van der Waals surface area contributed by atoms with Gasteiger partial charge in [-0.25, -0.2) is 0 Å². The van der Waals surface area contributed by atoms with Gasteiger partial charge in [0, 0.05) is 16.3 Å². The molecule has 21 heavy (non-hydrogen) atoms.